The number of nitrogens with one attached hydrogen (secondary N) is 1. The Morgan fingerprint density at radius 3 is 2.60 bits per heavy atom. The molecule has 0 aliphatic rings. The van der Waals surface area contributed by atoms with E-state index in [1.165, 1.54) is 12.3 Å². The van der Waals surface area contributed by atoms with Gasteiger partial charge in [-0.2, -0.15) is 0 Å². The number of hydrogen-bond acceptors (Lipinski definition) is 4. The smallest absolute Gasteiger partial charge is 0.354 e. The summed E-state index contributed by atoms with van der Waals surface area (Å²) in [4.78, 5) is 26.4. The molecule has 6 nitrogen and oxygen atoms in total. The first-order valence-corrected chi connectivity index (χ1v) is 6.01. The molecule has 2 N–H and O–H groups in total. The summed E-state index contributed by atoms with van der Waals surface area (Å²) in [6.07, 6.45) is 1.43. The van der Waals surface area contributed by atoms with Gasteiger partial charge in [0.05, 0.1) is 5.56 Å². The van der Waals surface area contributed by atoms with Crippen LogP contribution in [0.2, 0.25) is 0 Å². The first kappa shape index (κ1) is 13.8. The van der Waals surface area contributed by atoms with Crippen molar-refractivity contribution in [1.29, 1.82) is 0 Å². The quantitative estimate of drug-likeness (QED) is 0.888. The molecule has 0 bridgehead atoms. The van der Waals surface area contributed by atoms with Gasteiger partial charge >= 0.3 is 5.97 Å². The van der Waals surface area contributed by atoms with Crippen LogP contribution in [0.4, 0.5) is 0 Å². The molecule has 0 radical (unpaired) electrons. The number of aryl methyl sites for hydroxylation is 2. The van der Waals surface area contributed by atoms with Crippen LogP contribution < -0.4 is 5.32 Å². The van der Waals surface area contributed by atoms with Crippen LogP contribution in [0, 0.1) is 13.8 Å². The number of furan rings is 1. The Morgan fingerprint density at radius 1 is 1.35 bits per heavy atom. The Labute approximate surface area is 115 Å². The highest BCUT2D eigenvalue weighted by molar-refractivity contribution is 5.95. The van der Waals surface area contributed by atoms with Gasteiger partial charge in [0.15, 0.2) is 0 Å². The highest BCUT2D eigenvalue weighted by Gasteiger charge is 2.13. The van der Waals surface area contributed by atoms with E-state index < -0.39 is 5.97 Å². The zero-order chi connectivity index (χ0) is 14.7. The summed E-state index contributed by atoms with van der Waals surface area (Å²) in [5, 5.41) is 11.5. The number of carboxylic acid groups (broad SMARTS) is 1. The molecule has 20 heavy (non-hydrogen) atoms. The maximum atomic E-state index is 11.9. The van der Waals surface area contributed by atoms with E-state index in [9.17, 15) is 9.59 Å². The minimum absolute atomic E-state index is 0.0265. The number of carbonyl (C=O) groups excluding carboxylic acids is 1. The molecule has 1 amide bonds. The lowest BCUT2D eigenvalue weighted by molar-refractivity contribution is 0.0690. The average Bonchev–Trinajstić information content (AvgIpc) is 2.75. The number of carboxylic acids is 1. The molecule has 2 aromatic heterocycles. The maximum absolute atomic E-state index is 11.9. The summed E-state index contributed by atoms with van der Waals surface area (Å²) in [5.41, 5.74) is 1.19. The summed E-state index contributed by atoms with van der Waals surface area (Å²) < 4.78 is 5.29. The maximum Gasteiger partial charge on any atom is 0.354 e. The normalized spacial score (nSPS) is 10.3. The lowest BCUT2D eigenvalue weighted by atomic mass is 10.2. The molecule has 6 heteroatoms. The lowest BCUT2D eigenvalue weighted by Gasteiger charge is -2.04. The van der Waals surface area contributed by atoms with Gasteiger partial charge in [-0.25, -0.2) is 9.78 Å². The van der Waals surface area contributed by atoms with Crippen molar-refractivity contribution >= 4 is 11.9 Å². The third kappa shape index (κ3) is 3.03. The van der Waals surface area contributed by atoms with Gasteiger partial charge in [-0.3, -0.25) is 4.79 Å². The zero-order valence-electron chi connectivity index (χ0n) is 11.1. The molecular weight excluding hydrogens is 260 g/mol. The van der Waals surface area contributed by atoms with Crippen molar-refractivity contribution in [2.75, 3.05) is 0 Å². The van der Waals surface area contributed by atoms with E-state index in [4.69, 9.17) is 9.52 Å². The van der Waals surface area contributed by atoms with Gasteiger partial charge in [0, 0.05) is 12.7 Å². The van der Waals surface area contributed by atoms with Crippen LogP contribution in [0.3, 0.4) is 0 Å². The van der Waals surface area contributed by atoms with E-state index in [0.717, 1.165) is 5.56 Å². The van der Waals surface area contributed by atoms with Crippen molar-refractivity contribution in [2.45, 2.75) is 20.4 Å². The van der Waals surface area contributed by atoms with E-state index >= 15 is 0 Å². The molecule has 0 atom stereocenters. The fourth-order valence-electron chi connectivity index (χ4n) is 1.79. The van der Waals surface area contributed by atoms with E-state index in [0.29, 0.717) is 17.1 Å². The van der Waals surface area contributed by atoms with Crippen LogP contribution in [-0.4, -0.2) is 22.0 Å². The van der Waals surface area contributed by atoms with Gasteiger partial charge in [0.1, 0.15) is 17.2 Å². The van der Waals surface area contributed by atoms with E-state index in [1.54, 1.807) is 26.0 Å². The summed E-state index contributed by atoms with van der Waals surface area (Å²) >= 11 is 0. The second-order valence-electron chi connectivity index (χ2n) is 4.37. The number of hydrogen-bond donors (Lipinski definition) is 2. The van der Waals surface area contributed by atoms with Crippen molar-refractivity contribution in [3.63, 3.8) is 0 Å². The zero-order valence-corrected chi connectivity index (χ0v) is 11.1. The number of rotatable bonds is 4. The first-order chi connectivity index (χ1) is 9.47. The lowest BCUT2D eigenvalue weighted by Crippen LogP contribution is -2.23. The molecular formula is C14H14N2O4. The van der Waals surface area contributed by atoms with Crippen LogP contribution in [0.1, 0.15) is 37.9 Å². The third-order valence-corrected chi connectivity index (χ3v) is 2.78. The minimum atomic E-state index is -1.08. The largest absolute Gasteiger partial charge is 0.477 e. The molecule has 2 aromatic rings. The molecule has 0 unspecified atom stereocenters. The van der Waals surface area contributed by atoms with Crippen molar-refractivity contribution in [3.8, 4) is 0 Å². The standard InChI is InChI=1S/C14H14N2O4/c1-8-5-11(9(2)20-8)13(17)16-7-10-3-4-12(14(18)19)15-6-10/h3-6H,7H2,1-2H3,(H,16,17)(H,18,19). The Hall–Kier alpha value is -2.63. The summed E-state index contributed by atoms with van der Waals surface area (Å²) in [5.74, 6) is -0.0637. The van der Waals surface area contributed by atoms with Crippen molar-refractivity contribution in [3.05, 3.63) is 52.7 Å². The molecule has 2 rings (SSSR count). The summed E-state index contributed by atoms with van der Waals surface area (Å²) in [6.45, 7) is 3.78. The van der Waals surface area contributed by atoms with Gasteiger partial charge in [-0.15, -0.1) is 0 Å². The van der Waals surface area contributed by atoms with Gasteiger partial charge in [0.2, 0.25) is 0 Å². The molecule has 0 saturated carbocycles. The second kappa shape index (κ2) is 5.56. The Morgan fingerprint density at radius 2 is 2.10 bits per heavy atom. The number of aromatic carboxylic acids is 1. The van der Waals surface area contributed by atoms with Crippen LogP contribution in [0.25, 0.3) is 0 Å². The fraction of sp³-hybridized carbons (Fsp3) is 0.214. The van der Waals surface area contributed by atoms with Crippen molar-refractivity contribution in [2.24, 2.45) is 0 Å². The van der Waals surface area contributed by atoms with E-state index in [2.05, 4.69) is 10.3 Å². The Bertz CT molecular complexity index is 644. The fourth-order valence-corrected chi connectivity index (χ4v) is 1.79. The Kier molecular flexibility index (Phi) is 3.84. The molecule has 0 aliphatic heterocycles. The first-order valence-electron chi connectivity index (χ1n) is 6.01. The summed E-state index contributed by atoms with van der Waals surface area (Å²) in [7, 11) is 0. The number of pyridine rings is 1. The van der Waals surface area contributed by atoms with Gasteiger partial charge in [-0.1, -0.05) is 6.07 Å². The average molecular weight is 274 g/mol. The number of aromatic nitrogens is 1. The molecule has 0 fully saturated rings. The monoisotopic (exact) mass is 274 g/mol. The topological polar surface area (TPSA) is 92.4 Å². The number of carbonyl (C=O) groups is 2. The molecule has 0 saturated heterocycles. The second-order valence-corrected chi connectivity index (χ2v) is 4.37. The van der Waals surface area contributed by atoms with Gasteiger partial charge < -0.3 is 14.8 Å². The van der Waals surface area contributed by atoms with E-state index in [-0.39, 0.29) is 18.1 Å². The van der Waals surface area contributed by atoms with Gasteiger partial charge in [-0.05, 0) is 31.5 Å². The molecule has 0 spiro atoms. The molecule has 0 aliphatic carbocycles. The molecule has 104 valence electrons. The van der Waals surface area contributed by atoms with Crippen molar-refractivity contribution < 1.29 is 19.1 Å². The van der Waals surface area contributed by atoms with Gasteiger partial charge in [0.25, 0.3) is 5.91 Å². The molecule has 0 aromatic carbocycles. The SMILES string of the molecule is Cc1cc(C(=O)NCc2ccc(C(=O)O)nc2)c(C)o1. The highest BCUT2D eigenvalue weighted by atomic mass is 16.4. The van der Waals surface area contributed by atoms with E-state index in [1.807, 2.05) is 0 Å². The van der Waals surface area contributed by atoms with Crippen LogP contribution >= 0.6 is 0 Å². The Balaban J connectivity index is 2.00. The highest BCUT2D eigenvalue weighted by Crippen LogP contribution is 2.13. The number of amides is 1. The van der Waals surface area contributed by atoms with Crippen molar-refractivity contribution in [1.82, 2.24) is 10.3 Å². The minimum Gasteiger partial charge on any atom is -0.477 e. The number of nitrogens with zero attached hydrogens (tertiary/aromatic N) is 1. The van der Waals surface area contributed by atoms with Crippen LogP contribution in [-0.2, 0) is 6.54 Å². The third-order valence-electron chi connectivity index (χ3n) is 2.78. The predicted octanol–water partition coefficient (Wildman–Crippen LogP) is 1.92. The molecule has 2 heterocycles. The predicted molar refractivity (Wildman–Crippen MR) is 70.5 cm³/mol. The van der Waals surface area contributed by atoms with Crippen LogP contribution in [0.15, 0.2) is 28.8 Å². The van der Waals surface area contributed by atoms with Crippen LogP contribution in [0.5, 0.6) is 0 Å². The summed E-state index contributed by atoms with van der Waals surface area (Å²) in [6, 6.07) is 4.69.